The summed E-state index contributed by atoms with van der Waals surface area (Å²) in [6.07, 6.45) is 7.39. The molecule has 3 unspecified atom stereocenters. The molecule has 0 aromatic carbocycles. The highest BCUT2D eigenvalue weighted by atomic mass is 16.4. The van der Waals surface area contributed by atoms with E-state index in [4.69, 9.17) is 0 Å². The van der Waals surface area contributed by atoms with E-state index in [0.717, 1.165) is 25.0 Å². The van der Waals surface area contributed by atoms with Gasteiger partial charge in [0.25, 0.3) is 0 Å². The van der Waals surface area contributed by atoms with Crippen molar-refractivity contribution in [2.24, 2.45) is 5.92 Å². The number of likely N-dealkylation sites (N-methyl/N-ethyl adjacent to an activating group) is 1. The maximum atomic E-state index is 11.3. The highest BCUT2D eigenvalue weighted by molar-refractivity contribution is 5.78. The molecule has 0 spiro atoms. The van der Waals surface area contributed by atoms with Crippen molar-refractivity contribution in [2.45, 2.75) is 57.0 Å². The van der Waals surface area contributed by atoms with Gasteiger partial charge in [0.15, 0.2) is 0 Å². The van der Waals surface area contributed by atoms with Gasteiger partial charge in [-0.2, -0.15) is 0 Å². The van der Waals surface area contributed by atoms with Crippen LogP contribution in [0.4, 0.5) is 0 Å². The van der Waals surface area contributed by atoms with Gasteiger partial charge in [-0.05, 0) is 58.5 Å². The molecule has 0 aromatic heterocycles. The van der Waals surface area contributed by atoms with Crippen LogP contribution < -0.4 is 5.32 Å². The van der Waals surface area contributed by atoms with Gasteiger partial charge in [0, 0.05) is 12.6 Å². The molecule has 2 fully saturated rings. The Hall–Kier alpha value is -0.610. The molecule has 2 N–H and O–H groups in total. The average Bonchev–Trinajstić information content (AvgIpc) is 2.84. The van der Waals surface area contributed by atoms with Gasteiger partial charge in [-0.3, -0.25) is 4.79 Å². The van der Waals surface area contributed by atoms with Crippen LogP contribution in [0.25, 0.3) is 0 Å². The van der Waals surface area contributed by atoms with Gasteiger partial charge in [-0.15, -0.1) is 0 Å². The standard InChI is InChI=1S/C14H26N2O2/c1-14(15-2,13(17)18)8-10-16-9-4-6-11-5-3-7-12(11)16/h11-12,15H,3-10H2,1-2H3,(H,17,18). The Kier molecular flexibility index (Phi) is 4.28. The molecule has 0 aromatic rings. The molecule has 2 rings (SSSR count). The quantitative estimate of drug-likeness (QED) is 0.784. The lowest BCUT2D eigenvalue weighted by Crippen LogP contribution is -2.51. The molecule has 1 saturated carbocycles. The fraction of sp³-hybridized carbons (Fsp3) is 0.929. The fourth-order valence-electron chi connectivity index (χ4n) is 3.54. The Morgan fingerprint density at radius 2 is 2.11 bits per heavy atom. The first-order valence-corrected chi connectivity index (χ1v) is 7.23. The van der Waals surface area contributed by atoms with Crippen LogP contribution in [-0.4, -0.2) is 47.7 Å². The molecule has 1 aliphatic heterocycles. The van der Waals surface area contributed by atoms with Crippen LogP contribution in [0.15, 0.2) is 0 Å². The second-order valence-corrected chi connectivity index (χ2v) is 6.07. The van der Waals surface area contributed by atoms with E-state index in [1.165, 1.54) is 32.1 Å². The topological polar surface area (TPSA) is 52.6 Å². The number of nitrogens with zero attached hydrogens (tertiary/aromatic N) is 1. The van der Waals surface area contributed by atoms with Crippen LogP contribution in [0.5, 0.6) is 0 Å². The molecule has 1 heterocycles. The van der Waals surface area contributed by atoms with Crippen molar-refractivity contribution in [2.75, 3.05) is 20.1 Å². The first-order chi connectivity index (χ1) is 8.57. The number of carboxylic acids is 1. The van der Waals surface area contributed by atoms with Gasteiger partial charge in [0.05, 0.1) is 0 Å². The van der Waals surface area contributed by atoms with Gasteiger partial charge in [-0.1, -0.05) is 6.42 Å². The lowest BCUT2D eigenvalue weighted by atomic mass is 9.90. The van der Waals surface area contributed by atoms with Crippen molar-refractivity contribution in [1.29, 1.82) is 0 Å². The zero-order chi connectivity index (χ0) is 13.2. The predicted octanol–water partition coefficient (Wildman–Crippen LogP) is 1.70. The smallest absolute Gasteiger partial charge is 0.323 e. The second-order valence-electron chi connectivity index (χ2n) is 6.07. The minimum atomic E-state index is -0.786. The minimum absolute atomic E-state index is 0.683. The number of carbonyl (C=O) groups is 1. The molecule has 104 valence electrons. The SMILES string of the molecule is CNC(C)(CCN1CCCC2CCCC21)C(=O)O. The van der Waals surface area contributed by atoms with Gasteiger partial charge >= 0.3 is 5.97 Å². The number of nitrogens with one attached hydrogen (secondary N) is 1. The van der Waals surface area contributed by atoms with E-state index in [-0.39, 0.29) is 0 Å². The molecule has 3 atom stereocenters. The van der Waals surface area contributed by atoms with Crippen molar-refractivity contribution in [3.05, 3.63) is 0 Å². The second kappa shape index (κ2) is 5.57. The number of hydrogen-bond donors (Lipinski definition) is 2. The summed E-state index contributed by atoms with van der Waals surface area (Å²) >= 11 is 0. The average molecular weight is 254 g/mol. The summed E-state index contributed by atoms with van der Waals surface area (Å²) in [5.41, 5.74) is -0.786. The summed E-state index contributed by atoms with van der Waals surface area (Å²) < 4.78 is 0. The molecule has 0 radical (unpaired) electrons. The maximum absolute atomic E-state index is 11.3. The third kappa shape index (κ3) is 2.69. The van der Waals surface area contributed by atoms with Crippen molar-refractivity contribution in [1.82, 2.24) is 10.2 Å². The Bertz CT molecular complexity index is 308. The summed E-state index contributed by atoms with van der Waals surface area (Å²) in [5.74, 6) is 0.134. The third-order valence-electron chi connectivity index (χ3n) is 5.03. The van der Waals surface area contributed by atoms with Crippen molar-refractivity contribution in [3.63, 3.8) is 0 Å². The van der Waals surface area contributed by atoms with Crippen LogP contribution in [0.2, 0.25) is 0 Å². The van der Waals surface area contributed by atoms with Gasteiger partial charge in [0.1, 0.15) is 5.54 Å². The lowest BCUT2D eigenvalue weighted by Gasteiger charge is -2.39. The minimum Gasteiger partial charge on any atom is -0.480 e. The van der Waals surface area contributed by atoms with E-state index in [1.807, 2.05) is 0 Å². The van der Waals surface area contributed by atoms with Gasteiger partial charge < -0.3 is 15.3 Å². The summed E-state index contributed by atoms with van der Waals surface area (Å²) in [6.45, 7) is 3.84. The predicted molar refractivity (Wildman–Crippen MR) is 71.7 cm³/mol. The zero-order valence-electron chi connectivity index (χ0n) is 11.6. The van der Waals surface area contributed by atoms with E-state index in [2.05, 4.69) is 10.2 Å². The molecule has 0 bridgehead atoms. The van der Waals surface area contributed by atoms with E-state index in [1.54, 1.807) is 14.0 Å². The van der Waals surface area contributed by atoms with Crippen LogP contribution >= 0.6 is 0 Å². The van der Waals surface area contributed by atoms with E-state index in [9.17, 15) is 9.90 Å². The maximum Gasteiger partial charge on any atom is 0.323 e. The number of likely N-dealkylation sites (tertiary alicyclic amines) is 1. The van der Waals surface area contributed by atoms with Crippen LogP contribution in [0, 0.1) is 5.92 Å². The summed E-state index contributed by atoms with van der Waals surface area (Å²) in [5, 5.41) is 12.2. The molecule has 18 heavy (non-hydrogen) atoms. The van der Waals surface area contributed by atoms with Gasteiger partial charge in [0.2, 0.25) is 0 Å². The first-order valence-electron chi connectivity index (χ1n) is 7.23. The summed E-state index contributed by atoms with van der Waals surface area (Å²) in [4.78, 5) is 13.8. The first kappa shape index (κ1) is 13.8. The molecule has 4 heteroatoms. The molecular formula is C14H26N2O2. The molecule has 2 aliphatic rings. The van der Waals surface area contributed by atoms with Crippen molar-refractivity contribution >= 4 is 5.97 Å². The molecular weight excluding hydrogens is 228 g/mol. The fourth-order valence-corrected chi connectivity index (χ4v) is 3.54. The number of fused-ring (bicyclic) bond motifs is 1. The van der Waals surface area contributed by atoms with Crippen LogP contribution in [0.1, 0.15) is 45.4 Å². The van der Waals surface area contributed by atoms with Crippen LogP contribution in [-0.2, 0) is 4.79 Å². The Morgan fingerprint density at radius 1 is 1.39 bits per heavy atom. The largest absolute Gasteiger partial charge is 0.480 e. The molecule has 1 aliphatic carbocycles. The number of carboxylic acid groups (broad SMARTS) is 1. The molecule has 0 amide bonds. The Morgan fingerprint density at radius 3 is 2.78 bits per heavy atom. The molecule has 1 saturated heterocycles. The summed E-state index contributed by atoms with van der Waals surface area (Å²) in [6, 6.07) is 0.730. The number of rotatable bonds is 5. The van der Waals surface area contributed by atoms with E-state index in [0.29, 0.717) is 6.42 Å². The Balaban J connectivity index is 1.91. The van der Waals surface area contributed by atoms with Crippen molar-refractivity contribution in [3.8, 4) is 0 Å². The zero-order valence-corrected chi connectivity index (χ0v) is 11.6. The number of hydrogen-bond acceptors (Lipinski definition) is 3. The normalized spacial score (nSPS) is 31.9. The number of piperidine rings is 1. The Labute approximate surface area is 110 Å². The van der Waals surface area contributed by atoms with Gasteiger partial charge in [-0.25, -0.2) is 0 Å². The summed E-state index contributed by atoms with van der Waals surface area (Å²) in [7, 11) is 1.74. The lowest BCUT2D eigenvalue weighted by molar-refractivity contribution is -0.144. The van der Waals surface area contributed by atoms with Crippen LogP contribution in [0.3, 0.4) is 0 Å². The highest BCUT2D eigenvalue weighted by Crippen LogP contribution is 2.36. The monoisotopic (exact) mass is 254 g/mol. The third-order valence-corrected chi connectivity index (χ3v) is 5.03. The number of aliphatic carboxylic acids is 1. The van der Waals surface area contributed by atoms with E-state index >= 15 is 0 Å². The van der Waals surface area contributed by atoms with E-state index < -0.39 is 11.5 Å². The van der Waals surface area contributed by atoms with Crippen molar-refractivity contribution < 1.29 is 9.90 Å². The highest BCUT2D eigenvalue weighted by Gasteiger charge is 2.37. The molecule has 4 nitrogen and oxygen atoms in total.